The normalized spacial score (nSPS) is 10.6. The number of hydrogen-bond donors (Lipinski definition) is 1. The van der Waals surface area contributed by atoms with Crippen LogP contribution in [0.25, 0.3) is 0 Å². The molecule has 1 amide bonds. The lowest BCUT2D eigenvalue weighted by molar-refractivity contribution is 0.0935. The number of amides is 1. The molecule has 3 rings (SSSR count). The Morgan fingerprint density at radius 1 is 0.864 bits per heavy atom. The fourth-order valence-corrected chi connectivity index (χ4v) is 2.55. The van der Waals surface area contributed by atoms with Gasteiger partial charge in [-0.2, -0.15) is 0 Å². The summed E-state index contributed by atoms with van der Waals surface area (Å²) in [6, 6.07) is 23.6. The maximum atomic E-state index is 12.6. The number of nitrogens with one attached hydrogen (secondary N) is 1. The summed E-state index contributed by atoms with van der Waals surface area (Å²) in [6.07, 6.45) is 1.87. The third kappa shape index (κ3) is 2.93. The zero-order valence-electron chi connectivity index (χ0n) is 12.4. The molecule has 0 aliphatic rings. The molecule has 0 unspecified atom stereocenters. The van der Waals surface area contributed by atoms with Crippen molar-refractivity contribution in [1.29, 1.82) is 0 Å². The predicted octanol–water partition coefficient (Wildman–Crippen LogP) is 3.54. The second-order valence-electron chi connectivity index (χ2n) is 5.23. The summed E-state index contributed by atoms with van der Waals surface area (Å²) >= 11 is 0. The van der Waals surface area contributed by atoms with E-state index >= 15 is 0 Å². The standard InChI is InChI=1S/C19H18N2O/c1-21-14-8-13-17(21)19(22)20-18(15-9-4-2-5-10-15)16-11-6-3-7-12-16/h2-14,18H,1H3,(H,20,22). The van der Waals surface area contributed by atoms with Crippen LogP contribution in [0.1, 0.15) is 27.7 Å². The van der Waals surface area contributed by atoms with Crippen LogP contribution < -0.4 is 5.32 Å². The van der Waals surface area contributed by atoms with E-state index in [-0.39, 0.29) is 11.9 Å². The lowest BCUT2D eigenvalue weighted by Crippen LogP contribution is -2.30. The van der Waals surface area contributed by atoms with Crippen LogP contribution in [-0.2, 0) is 7.05 Å². The van der Waals surface area contributed by atoms with Crippen molar-refractivity contribution in [2.45, 2.75) is 6.04 Å². The molecule has 3 heteroatoms. The van der Waals surface area contributed by atoms with Crippen LogP contribution in [-0.4, -0.2) is 10.5 Å². The van der Waals surface area contributed by atoms with Crippen LogP contribution in [0.3, 0.4) is 0 Å². The highest BCUT2D eigenvalue weighted by atomic mass is 16.2. The first-order chi connectivity index (χ1) is 10.8. The van der Waals surface area contributed by atoms with Crippen LogP contribution in [0.2, 0.25) is 0 Å². The number of carbonyl (C=O) groups is 1. The number of rotatable bonds is 4. The quantitative estimate of drug-likeness (QED) is 0.783. The number of benzene rings is 2. The molecule has 1 N–H and O–H groups in total. The Hall–Kier alpha value is -2.81. The highest BCUT2D eigenvalue weighted by Crippen LogP contribution is 2.22. The number of hydrogen-bond acceptors (Lipinski definition) is 1. The maximum Gasteiger partial charge on any atom is 0.268 e. The summed E-state index contributed by atoms with van der Waals surface area (Å²) in [5, 5.41) is 3.13. The van der Waals surface area contributed by atoms with Crippen molar-refractivity contribution in [3.8, 4) is 0 Å². The smallest absolute Gasteiger partial charge is 0.268 e. The first-order valence-electron chi connectivity index (χ1n) is 7.28. The summed E-state index contributed by atoms with van der Waals surface area (Å²) in [5.41, 5.74) is 2.78. The van der Waals surface area contributed by atoms with Crippen LogP contribution in [0.15, 0.2) is 79.0 Å². The van der Waals surface area contributed by atoms with Crippen molar-refractivity contribution in [2.24, 2.45) is 7.05 Å². The molecule has 3 nitrogen and oxygen atoms in total. The van der Waals surface area contributed by atoms with E-state index in [0.717, 1.165) is 11.1 Å². The Morgan fingerprint density at radius 3 is 1.86 bits per heavy atom. The minimum Gasteiger partial charge on any atom is -0.347 e. The molecule has 0 aliphatic carbocycles. The van der Waals surface area contributed by atoms with Gasteiger partial charge in [0.1, 0.15) is 5.69 Å². The predicted molar refractivity (Wildman–Crippen MR) is 87.6 cm³/mol. The fraction of sp³-hybridized carbons (Fsp3) is 0.105. The van der Waals surface area contributed by atoms with E-state index in [1.165, 1.54) is 0 Å². The van der Waals surface area contributed by atoms with Gasteiger partial charge >= 0.3 is 0 Å². The Labute approximate surface area is 130 Å². The average Bonchev–Trinajstić information content (AvgIpc) is 3.00. The molecule has 0 saturated carbocycles. The topological polar surface area (TPSA) is 34.0 Å². The highest BCUT2D eigenvalue weighted by Gasteiger charge is 2.18. The van der Waals surface area contributed by atoms with Crippen molar-refractivity contribution in [2.75, 3.05) is 0 Å². The molecule has 0 saturated heterocycles. The zero-order chi connectivity index (χ0) is 15.4. The average molecular weight is 290 g/mol. The van der Waals surface area contributed by atoms with Crippen molar-refractivity contribution >= 4 is 5.91 Å². The van der Waals surface area contributed by atoms with E-state index in [9.17, 15) is 4.79 Å². The molecule has 22 heavy (non-hydrogen) atoms. The first kappa shape index (κ1) is 14.1. The van der Waals surface area contributed by atoms with E-state index in [2.05, 4.69) is 5.32 Å². The minimum atomic E-state index is -0.162. The van der Waals surface area contributed by atoms with Crippen LogP contribution in [0.5, 0.6) is 0 Å². The van der Waals surface area contributed by atoms with Crippen molar-refractivity contribution in [3.63, 3.8) is 0 Å². The Balaban J connectivity index is 1.93. The van der Waals surface area contributed by atoms with Gasteiger partial charge in [0.25, 0.3) is 5.91 Å². The highest BCUT2D eigenvalue weighted by molar-refractivity contribution is 5.93. The van der Waals surface area contributed by atoms with Crippen LogP contribution >= 0.6 is 0 Å². The molecule has 1 aromatic heterocycles. The molecule has 0 spiro atoms. The van der Waals surface area contributed by atoms with Gasteiger partial charge in [-0.15, -0.1) is 0 Å². The molecule has 0 aliphatic heterocycles. The summed E-state index contributed by atoms with van der Waals surface area (Å²) in [7, 11) is 1.87. The third-order valence-electron chi connectivity index (χ3n) is 3.72. The van der Waals surface area contributed by atoms with Gasteiger partial charge in [-0.3, -0.25) is 4.79 Å². The van der Waals surface area contributed by atoms with Gasteiger partial charge in [0.15, 0.2) is 0 Å². The van der Waals surface area contributed by atoms with E-state index in [0.29, 0.717) is 5.69 Å². The Bertz CT molecular complexity index is 708. The molecule has 110 valence electrons. The lowest BCUT2D eigenvalue weighted by atomic mass is 9.98. The van der Waals surface area contributed by atoms with Crippen molar-refractivity contribution < 1.29 is 4.79 Å². The molecule has 0 bridgehead atoms. The van der Waals surface area contributed by atoms with E-state index in [1.807, 2.05) is 90.6 Å². The van der Waals surface area contributed by atoms with E-state index in [4.69, 9.17) is 0 Å². The minimum absolute atomic E-state index is 0.0785. The van der Waals surface area contributed by atoms with E-state index < -0.39 is 0 Å². The Morgan fingerprint density at radius 2 is 1.41 bits per heavy atom. The fourth-order valence-electron chi connectivity index (χ4n) is 2.55. The summed E-state index contributed by atoms with van der Waals surface area (Å²) in [5.74, 6) is -0.0785. The van der Waals surface area contributed by atoms with E-state index in [1.54, 1.807) is 0 Å². The lowest BCUT2D eigenvalue weighted by Gasteiger charge is -2.20. The van der Waals surface area contributed by atoms with Crippen molar-refractivity contribution in [3.05, 3.63) is 95.8 Å². The van der Waals surface area contributed by atoms with Gasteiger partial charge in [-0.1, -0.05) is 60.7 Å². The first-order valence-corrected chi connectivity index (χ1v) is 7.28. The molecule has 3 aromatic rings. The number of aromatic nitrogens is 1. The number of aryl methyl sites for hydroxylation is 1. The summed E-state index contributed by atoms with van der Waals surface area (Å²) < 4.78 is 1.82. The third-order valence-corrected chi connectivity index (χ3v) is 3.72. The van der Waals surface area contributed by atoms with Crippen LogP contribution in [0, 0.1) is 0 Å². The molecule has 0 radical (unpaired) electrons. The SMILES string of the molecule is Cn1cccc1C(=O)NC(c1ccccc1)c1ccccc1. The molecular formula is C19H18N2O. The molecular weight excluding hydrogens is 272 g/mol. The largest absolute Gasteiger partial charge is 0.347 e. The number of carbonyl (C=O) groups excluding carboxylic acids is 1. The van der Waals surface area contributed by atoms with Gasteiger partial charge in [0, 0.05) is 13.2 Å². The van der Waals surface area contributed by atoms with Gasteiger partial charge < -0.3 is 9.88 Å². The van der Waals surface area contributed by atoms with Gasteiger partial charge in [0.05, 0.1) is 6.04 Å². The summed E-state index contributed by atoms with van der Waals surface area (Å²) in [4.78, 5) is 12.6. The molecule has 0 atom stereocenters. The van der Waals surface area contributed by atoms with Gasteiger partial charge in [0.2, 0.25) is 0 Å². The second-order valence-corrected chi connectivity index (χ2v) is 5.23. The summed E-state index contributed by atoms with van der Waals surface area (Å²) in [6.45, 7) is 0. The maximum absolute atomic E-state index is 12.6. The van der Waals surface area contributed by atoms with Gasteiger partial charge in [-0.25, -0.2) is 0 Å². The van der Waals surface area contributed by atoms with Gasteiger partial charge in [-0.05, 0) is 23.3 Å². The Kier molecular flexibility index (Phi) is 4.05. The molecule has 1 heterocycles. The second kappa shape index (κ2) is 6.31. The molecule has 0 fully saturated rings. The zero-order valence-corrected chi connectivity index (χ0v) is 12.4. The van der Waals surface area contributed by atoms with Crippen LogP contribution in [0.4, 0.5) is 0 Å². The van der Waals surface area contributed by atoms with Crippen molar-refractivity contribution in [1.82, 2.24) is 9.88 Å². The number of nitrogens with zero attached hydrogens (tertiary/aromatic N) is 1. The monoisotopic (exact) mass is 290 g/mol. The molecule has 2 aromatic carbocycles.